The minimum Gasteiger partial charge on any atom is -0.389 e. The van der Waals surface area contributed by atoms with Gasteiger partial charge in [0.1, 0.15) is 4.99 Å². The van der Waals surface area contributed by atoms with Crippen molar-refractivity contribution in [2.45, 2.75) is 18.1 Å². The molecular formula is C13H17ClN2S2. The number of hydrogen-bond acceptors (Lipinski definition) is 3. The van der Waals surface area contributed by atoms with Gasteiger partial charge in [0.25, 0.3) is 0 Å². The smallest absolute Gasteiger partial charge is 0.106 e. The van der Waals surface area contributed by atoms with Crippen LogP contribution in [0.25, 0.3) is 0 Å². The van der Waals surface area contributed by atoms with Crippen LogP contribution >= 0.6 is 35.6 Å². The molecule has 18 heavy (non-hydrogen) atoms. The Kier molecular flexibility index (Phi) is 4.76. The van der Waals surface area contributed by atoms with E-state index in [1.54, 1.807) is 0 Å². The lowest BCUT2D eigenvalue weighted by Gasteiger charge is -2.34. The van der Waals surface area contributed by atoms with Crippen LogP contribution in [0.3, 0.4) is 0 Å². The summed E-state index contributed by atoms with van der Waals surface area (Å²) in [6, 6.07) is 5.79. The van der Waals surface area contributed by atoms with Gasteiger partial charge in [0, 0.05) is 34.6 Å². The Morgan fingerprint density at radius 1 is 1.44 bits per heavy atom. The number of thiocarbonyl (C=S) groups is 1. The van der Waals surface area contributed by atoms with Crippen LogP contribution < -0.4 is 10.6 Å². The summed E-state index contributed by atoms with van der Waals surface area (Å²) in [5, 5.41) is 1.46. The second-order valence-electron chi connectivity index (χ2n) is 4.45. The highest BCUT2D eigenvalue weighted by Gasteiger charge is 2.21. The minimum absolute atomic E-state index is 0.416. The lowest BCUT2D eigenvalue weighted by atomic mass is 10.1. The van der Waals surface area contributed by atoms with Gasteiger partial charge in [-0.1, -0.05) is 23.8 Å². The molecule has 0 aliphatic carbocycles. The molecule has 1 aliphatic heterocycles. The van der Waals surface area contributed by atoms with Gasteiger partial charge in [-0.15, -0.1) is 0 Å². The summed E-state index contributed by atoms with van der Waals surface area (Å²) >= 11 is 13.1. The van der Waals surface area contributed by atoms with Gasteiger partial charge in [-0.05, 0) is 37.3 Å². The molecule has 0 spiro atoms. The van der Waals surface area contributed by atoms with E-state index < -0.39 is 0 Å². The second-order valence-corrected chi connectivity index (χ2v) is 6.46. The third kappa shape index (κ3) is 3.11. The number of piperidine rings is 1. The molecule has 0 atom stereocenters. The summed E-state index contributed by atoms with van der Waals surface area (Å²) in [5.41, 5.74) is 7.79. The molecule has 0 amide bonds. The average Bonchev–Trinajstić information content (AvgIpc) is 2.39. The average molecular weight is 301 g/mol. The lowest BCUT2D eigenvalue weighted by molar-refractivity contribution is 0.591. The molecule has 0 aromatic heterocycles. The van der Waals surface area contributed by atoms with E-state index in [0.29, 0.717) is 10.0 Å². The van der Waals surface area contributed by atoms with Crippen molar-refractivity contribution in [1.29, 1.82) is 0 Å². The van der Waals surface area contributed by atoms with Crippen LogP contribution in [0.5, 0.6) is 0 Å². The first kappa shape index (κ1) is 14.0. The van der Waals surface area contributed by atoms with Crippen molar-refractivity contribution in [3.8, 4) is 0 Å². The quantitative estimate of drug-likeness (QED) is 0.867. The number of thioether (sulfide) groups is 1. The summed E-state index contributed by atoms with van der Waals surface area (Å²) in [7, 11) is 0. The monoisotopic (exact) mass is 300 g/mol. The van der Waals surface area contributed by atoms with Crippen LogP contribution in [0, 0.1) is 0 Å². The maximum atomic E-state index is 6.01. The minimum atomic E-state index is 0.416. The summed E-state index contributed by atoms with van der Waals surface area (Å²) < 4.78 is 0. The van der Waals surface area contributed by atoms with E-state index in [2.05, 4.69) is 11.2 Å². The molecule has 0 saturated carbocycles. The number of anilines is 1. The van der Waals surface area contributed by atoms with Gasteiger partial charge in [0.2, 0.25) is 0 Å². The van der Waals surface area contributed by atoms with Crippen molar-refractivity contribution in [3.63, 3.8) is 0 Å². The molecule has 2 rings (SSSR count). The zero-order chi connectivity index (χ0) is 13.1. The van der Waals surface area contributed by atoms with E-state index in [9.17, 15) is 0 Å². The molecule has 5 heteroatoms. The fourth-order valence-electron chi connectivity index (χ4n) is 2.31. The Morgan fingerprint density at radius 2 is 2.11 bits per heavy atom. The summed E-state index contributed by atoms with van der Waals surface area (Å²) in [4.78, 5) is 2.77. The summed E-state index contributed by atoms with van der Waals surface area (Å²) in [5.74, 6) is 0. The van der Waals surface area contributed by atoms with Crippen LogP contribution in [-0.4, -0.2) is 29.6 Å². The third-order valence-corrected chi connectivity index (χ3v) is 4.93. The number of nitrogens with two attached hydrogens (primary N) is 1. The highest BCUT2D eigenvalue weighted by molar-refractivity contribution is 7.99. The summed E-state index contributed by atoms with van der Waals surface area (Å²) in [6.45, 7) is 2.12. The molecule has 1 saturated heterocycles. The van der Waals surface area contributed by atoms with Crippen molar-refractivity contribution >= 4 is 46.3 Å². The van der Waals surface area contributed by atoms with E-state index in [1.807, 2.05) is 30.0 Å². The molecule has 2 N–H and O–H groups in total. The molecule has 2 nitrogen and oxygen atoms in total. The van der Waals surface area contributed by atoms with Crippen LogP contribution in [0.15, 0.2) is 18.2 Å². The topological polar surface area (TPSA) is 29.3 Å². The molecular weight excluding hydrogens is 284 g/mol. The van der Waals surface area contributed by atoms with Crippen molar-refractivity contribution in [1.82, 2.24) is 0 Å². The van der Waals surface area contributed by atoms with Crippen LogP contribution in [-0.2, 0) is 0 Å². The molecule has 0 bridgehead atoms. The molecule has 0 unspecified atom stereocenters. The van der Waals surface area contributed by atoms with Gasteiger partial charge in [-0.2, -0.15) is 11.8 Å². The van der Waals surface area contributed by atoms with Gasteiger partial charge >= 0.3 is 0 Å². The van der Waals surface area contributed by atoms with Crippen LogP contribution in [0.2, 0.25) is 5.02 Å². The number of hydrogen-bond donors (Lipinski definition) is 1. The van der Waals surface area contributed by atoms with Gasteiger partial charge in [0.15, 0.2) is 0 Å². The van der Waals surface area contributed by atoms with Gasteiger partial charge in [-0.25, -0.2) is 0 Å². The first-order valence-electron chi connectivity index (χ1n) is 5.99. The predicted octanol–water partition coefficient (Wildman–Crippen LogP) is 3.31. The van der Waals surface area contributed by atoms with E-state index >= 15 is 0 Å². The van der Waals surface area contributed by atoms with Gasteiger partial charge in [-0.3, -0.25) is 0 Å². The number of nitrogens with zero attached hydrogens (tertiary/aromatic N) is 1. The number of halogens is 1. The van der Waals surface area contributed by atoms with Crippen LogP contribution in [0.4, 0.5) is 5.69 Å². The van der Waals surface area contributed by atoms with E-state index in [4.69, 9.17) is 29.6 Å². The molecule has 1 aromatic rings. The Balaban J connectivity index is 2.21. The Labute approximate surface area is 123 Å². The second kappa shape index (κ2) is 6.13. The molecule has 98 valence electrons. The normalized spacial score (nSPS) is 16.9. The third-order valence-electron chi connectivity index (χ3n) is 3.34. The molecule has 1 aliphatic rings. The lowest BCUT2D eigenvalue weighted by Crippen LogP contribution is -2.36. The first-order valence-corrected chi connectivity index (χ1v) is 8.06. The Hall–Kier alpha value is -0.450. The molecule has 1 fully saturated rings. The Bertz CT molecular complexity index is 443. The van der Waals surface area contributed by atoms with Crippen LogP contribution in [0.1, 0.15) is 18.4 Å². The highest BCUT2D eigenvalue weighted by atomic mass is 35.5. The maximum absolute atomic E-state index is 6.01. The maximum Gasteiger partial charge on any atom is 0.106 e. The van der Waals surface area contributed by atoms with Gasteiger partial charge in [0.05, 0.1) is 0 Å². The number of rotatable bonds is 3. The van der Waals surface area contributed by atoms with Crippen molar-refractivity contribution < 1.29 is 0 Å². The zero-order valence-corrected chi connectivity index (χ0v) is 12.7. The van der Waals surface area contributed by atoms with Gasteiger partial charge < -0.3 is 10.6 Å². The standard InChI is InChI=1S/C13H17ClN2S2/c1-18-10-4-6-16(7-5-10)12-3-2-9(14)8-11(12)13(15)17/h2-3,8,10H,4-7H2,1H3,(H2,15,17). The van der Waals surface area contributed by atoms with Crippen molar-refractivity contribution in [2.75, 3.05) is 24.2 Å². The molecule has 0 radical (unpaired) electrons. The predicted molar refractivity (Wildman–Crippen MR) is 86.1 cm³/mol. The Morgan fingerprint density at radius 3 is 2.67 bits per heavy atom. The van der Waals surface area contributed by atoms with Crippen molar-refractivity contribution in [3.05, 3.63) is 28.8 Å². The SMILES string of the molecule is CSC1CCN(c2ccc(Cl)cc2C(N)=S)CC1. The molecule has 1 heterocycles. The number of benzene rings is 1. The summed E-state index contributed by atoms with van der Waals surface area (Å²) in [6.07, 6.45) is 4.60. The largest absolute Gasteiger partial charge is 0.389 e. The fraction of sp³-hybridized carbons (Fsp3) is 0.462. The van der Waals surface area contributed by atoms with E-state index in [-0.39, 0.29) is 0 Å². The fourth-order valence-corrected chi connectivity index (χ4v) is 3.33. The van der Waals surface area contributed by atoms with E-state index in [1.165, 1.54) is 12.8 Å². The molecule has 1 aromatic carbocycles. The van der Waals surface area contributed by atoms with Crippen molar-refractivity contribution in [2.24, 2.45) is 5.73 Å². The highest BCUT2D eigenvalue weighted by Crippen LogP contribution is 2.29. The van der Waals surface area contributed by atoms with E-state index in [0.717, 1.165) is 29.6 Å². The zero-order valence-electron chi connectivity index (χ0n) is 10.4. The first-order chi connectivity index (χ1) is 8.61.